The Balaban J connectivity index is 1.87. The van der Waals surface area contributed by atoms with E-state index in [0.29, 0.717) is 29.1 Å². The van der Waals surface area contributed by atoms with Crippen molar-refractivity contribution in [3.05, 3.63) is 36.0 Å². The summed E-state index contributed by atoms with van der Waals surface area (Å²) >= 11 is 0. The molecule has 1 N–H and O–H groups in total. The third-order valence-electron chi connectivity index (χ3n) is 4.97. The number of aromatic nitrogens is 4. The summed E-state index contributed by atoms with van der Waals surface area (Å²) in [7, 11) is 0. The number of pyridine rings is 1. The van der Waals surface area contributed by atoms with Crippen molar-refractivity contribution in [2.24, 2.45) is 5.92 Å². The second kappa shape index (κ2) is 6.75. The number of carbonyl (C=O) groups excluding carboxylic acids is 1. The average Bonchev–Trinajstić information content (AvgIpc) is 3.06. The molecule has 0 aromatic carbocycles. The van der Waals surface area contributed by atoms with Crippen LogP contribution in [-0.2, 0) is 17.3 Å². The summed E-state index contributed by atoms with van der Waals surface area (Å²) < 4.78 is 56.3. The summed E-state index contributed by atoms with van der Waals surface area (Å²) in [5, 5.41) is 3.12. The smallest absolute Gasteiger partial charge is 0.303 e. The van der Waals surface area contributed by atoms with E-state index in [-0.39, 0.29) is 30.4 Å². The third kappa shape index (κ3) is 3.86. The van der Waals surface area contributed by atoms with E-state index in [1.54, 1.807) is 29.8 Å². The SMILES string of the molecule is CC(=O)Nc1cc2c(-c3cc(C)nc(C(C)(F)F)n3)cn(CC3CC3(F)F)c2cn1. The Morgan fingerprint density at radius 3 is 2.63 bits per heavy atom. The van der Waals surface area contributed by atoms with Gasteiger partial charge in [0, 0.05) is 55.6 Å². The zero-order chi connectivity index (χ0) is 21.8. The summed E-state index contributed by atoms with van der Waals surface area (Å²) in [6.45, 7) is 3.68. The summed E-state index contributed by atoms with van der Waals surface area (Å²) in [6.07, 6.45) is 2.88. The van der Waals surface area contributed by atoms with Crippen LogP contribution >= 0.6 is 0 Å². The van der Waals surface area contributed by atoms with Crippen LogP contribution in [0.4, 0.5) is 23.4 Å². The Morgan fingerprint density at radius 1 is 1.33 bits per heavy atom. The molecule has 4 rings (SSSR count). The molecule has 6 nitrogen and oxygen atoms in total. The van der Waals surface area contributed by atoms with Gasteiger partial charge in [0.15, 0.2) is 5.82 Å². The highest BCUT2D eigenvalue weighted by Gasteiger charge is 2.56. The lowest BCUT2D eigenvalue weighted by Crippen LogP contribution is -2.13. The van der Waals surface area contributed by atoms with Gasteiger partial charge in [0.2, 0.25) is 5.91 Å². The van der Waals surface area contributed by atoms with Crippen LogP contribution in [0.3, 0.4) is 0 Å². The fourth-order valence-corrected chi connectivity index (χ4v) is 3.40. The van der Waals surface area contributed by atoms with E-state index in [1.165, 1.54) is 13.1 Å². The third-order valence-corrected chi connectivity index (χ3v) is 4.97. The highest BCUT2D eigenvalue weighted by atomic mass is 19.3. The van der Waals surface area contributed by atoms with Crippen LogP contribution < -0.4 is 5.32 Å². The topological polar surface area (TPSA) is 72.7 Å². The number of aryl methyl sites for hydroxylation is 1. The molecule has 10 heteroatoms. The number of halogens is 4. The standard InChI is InChI=1S/C20H19F4N5O/c1-10-4-15(28-18(26-10)19(3,21)22)14-9-29(8-12-6-20(12,23)24)16-7-25-17(5-13(14)16)27-11(2)30/h4-5,7,9,12H,6,8H2,1-3H3,(H,25,27,30). The Morgan fingerprint density at radius 2 is 2.03 bits per heavy atom. The van der Waals surface area contributed by atoms with E-state index >= 15 is 0 Å². The predicted octanol–water partition coefficient (Wildman–Crippen LogP) is 4.53. The van der Waals surface area contributed by atoms with Gasteiger partial charge >= 0.3 is 5.92 Å². The molecule has 0 radical (unpaired) electrons. The lowest BCUT2D eigenvalue weighted by molar-refractivity contribution is -0.114. The Labute approximate surface area is 169 Å². The fourth-order valence-electron chi connectivity index (χ4n) is 3.40. The van der Waals surface area contributed by atoms with E-state index in [0.717, 1.165) is 0 Å². The number of nitrogens with zero attached hydrogens (tertiary/aromatic N) is 4. The van der Waals surface area contributed by atoms with Crippen LogP contribution in [0.5, 0.6) is 0 Å². The van der Waals surface area contributed by atoms with Crippen molar-refractivity contribution >= 4 is 22.6 Å². The molecule has 3 aromatic rings. The number of nitrogens with one attached hydrogen (secondary N) is 1. The summed E-state index contributed by atoms with van der Waals surface area (Å²) in [5.41, 5.74) is 1.61. The number of carbonyl (C=O) groups is 1. The number of hydrogen-bond donors (Lipinski definition) is 1. The number of hydrogen-bond acceptors (Lipinski definition) is 4. The van der Waals surface area contributed by atoms with Gasteiger partial charge in [0.1, 0.15) is 5.82 Å². The predicted molar refractivity (Wildman–Crippen MR) is 102 cm³/mol. The van der Waals surface area contributed by atoms with Gasteiger partial charge in [-0.1, -0.05) is 0 Å². The normalized spacial score (nSPS) is 17.9. The minimum atomic E-state index is -3.24. The number of amides is 1. The molecule has 1 saturated carbocycles. The molecule has 1 fully saturated rings. The minimum Gasteiger partial charge on any atom is -0.345 e. The molecule has 0 bridgehead atoms. The van der Waals surface area contributed by atoms with Crippen molar-refractivity contribution in [2.75, 3.05) is 5.32 Å². The zero-order valence-corrected chi connectivity index (χ0v) is 16.5. The highest BCUT2D eigenvalue weighted by molar-refractivity contribution is 5.98. The van der Waals surface area contributed by atoms with Gasteiger partial charge in [-0.2, -0.15) is 8.78 Å². The molecule has 30 heavy (non-hydrogen) atoms. The first-order valence-electron chi connectivity index (χ1n) is 9.33. The van der Waals surface area contributed by atoms with Crippen LogP contribution in [0.25, 0.3) is 22.2 Å². The van der Waals surface area contributed by atoms with E-state index in [1.807, 2.05) is 0 Å². The lowest BCUT2D eigenvalue weighted by atomic mass is 10.1. The first kappa shape index (κ1) is 20.2. The van der Waals surface area contributed by atoms with Crippen LogP contribution in [0.2, 0.25) is 0 Å². The molecule has 1 amide bonds. The van der Waals surface area contributed by atoms with Crippen molar-refractivity contribution in [3.63, 3.8) is 0 Å². The molecule has 158 valence electrons. The van der Waals surface area contributed by atoms with Gasteiger partial charge in [0.25, 0.3) is 5.92 Å². The summed E-state index contributed by atoms with van der Waals surface area (Å²) in [4.78, 5) is 23.4. The number of fused-ring (bicyclic) bond motifs is 1. The van der Waals surface area contributed by atoms with E-state index in [2.05, 4.69) is 20.3 Å². The van der Waals surface area contributed by atoms with Gasteiger partial charge in [0.05, 0.1) is 17.4 Å². The summed E-state index contributed by atoms with van der Waals surface area (Å²) in [6, 6.07) is 3.13. The maximum Gasteiger partial charge on any atom is 0.303 e. The maximum absolute atomic E-state index is 13.9. The molecule has 3 aromatic heterocycles. The quantitative estimate of drug-likeness (QED) is 0.615. The molecule has 1 atom stereocenters. The van der Waals surface area contributed by atoms with E-state index in [4.69, 9.17) is 0 Å². The molecule has 1 unspecified atom stereocenters. The van der Waals surface area contributed by atoms with Gasteiger partial charge in [-0.3, -0.25) is 4.79 Å². The van der Waals surface area contributed by atoms with Gasteiger partial charge < -0.3 is 9.88 Å². The molecular formula is C20H19F4N5O. The van der Waals surface area contributed by atoms with Gasteiger partial charge in [-0.15, -0.1) is 0 Å². The van der Waals surface area contributed by atoms with Crippen molar-refractivity contribution < 1.29 is 22.4 Å². The van der Waals surface area contributed by atoms with Crippen LogP contribution in [-0.4, -0.2) is 31.3 Å². The maximum atomic E-state index is 13.9. The number of rotatable bonds is 5. The first-order valence-corrected chi connectivity index (χ1v) is 9.33. The van der Waals surface area contributed by atoms with Gasteiger partial charge in [-0.25, -0.2) is 23.7 Å². The molecule has 0 spiro atoms. The van der Waals surface area contributed by atoms with Crippen molar-refractivity contribution in [3.8, 4) is 11.3 Å². The Bertz CT molecular complexity index is 1150. The second-order valence-corrected chi connectivity index (χ2v) is 7.73. The molecule has 3 heterocycles. The Hall–Kier alpha value is -3.04. The second-order valence-electron chi connectivity index (χ2n) is 7.73. The van der Waals surface area contributed by atoms with Crippen molar-refractivity contribution in [1.29, 1.82) is 0 Å². The van der Waals surface area contributed by atoms with E-state index in [9.17, 15) is 22.4 Å². The van der Waals surface area contributed by atoms with Crippen molar-refractivity contribution in [1.82, 2.24) is 19.5 Å². The highest BCUT2D eigenvalue weighted by Crippen LogP contribution is 2.50. The molecule has 0 saturated heterocycles. The number of anilines is 1. The van der Waals surface area contributed by atoms with Crippen LogP contribution in [0.1, 0.15) is 31.8 Å². The van der Waals surface area contributed by atoms with Crippen LogP contribution in [0.15, 0.2) is 24.5 Å². The molecule has 1 aliphatic carbocycles. The van der Waals surface area contributed by atoms with Crippen molar-refractivity contribution in [2.45, 2.75) is 45.6 Å². The largest absolute Gasteiger partial charge is 0.345 e. The molecule has 1 aliphatic rings. The number of alkyl halides is 4. The lowest BCUT2D eigenvalue weighted by Gasteiger charge is -2.11. The average molecular weight is 421 g/mol. The van der Waals surface area contributed by atoms with Crippen LogP contribution in [0, 0.1) is 12.8 Å². The van der Waals surface area contributed by atoms with E-state index < -0.39 is 23.6 Å². The monoisotopic (exact) mass is 421 g/mol. The zero-order valence-electron chi connectivity index (χ0n) is 16.5. The summed E-state index contributed by atoms with van der Waals surface area (Å²) in [5.74, 6) is -7.42. The van der Waals surface area contributed by atoms with Gasteiger partial charge in [-0.05, 0) is 19.1 Å². The first-order chi connectivity index (χ1) is 13.9. The minimum absolute atomic E-state index is 0.0610. The Kier molecular flexibility index (Phi) is 4.55. The molecular weight excluding hydrogens is 402 g/mol. The fraction of sp³-hybridized carbons (Fsp3) is 0.400. The molecule has 0 aliphatic heterocycles.